The number of aliphatic hydroxyl groups excluding tert-OH is 1. The third-order valence-electron chi connectivity index (χ3n) is 8.58. The number of aliphatic carboxylic acids is 2. The Balaban J connectivity index is 3.22. The van der Waals surface area contributed by atoms with E-state index >= 15 is 0 Å². The minimum Gasteiger partial charge on any atom is -0.481 e. The maximum absolute atomic E-state index is 13.9. The molecule has 18 N–H and O–H groups in total. The number of hydrogen-bond acceptors (Lipinski definition) is 13. The Morgan fingerprint density at radius 2 is 1.38 bits per heavy atom. The normalized spacial score (nSPS) is 16.8. The van der Waals surface area contributed by atoms with Crippen LogP contribution in [0.3, 0.4) is 0 Å². The lowest BCUT2D eigenvalue weighted by atomic mass is 10.0. The second-order valence-corrected chi connectivity index (χ2v) is 13.1. The standard InChI is InChI=1S/C32H56N12O12/c1-16(39-28(52)20(14-24(47)48)42-26(50)17(34)9-10-23(35)46)25(49)40-18(6-2-3-11-33)27(51)41-19(7-4-12-38-32(36)37)30(54)44-13-5-8-22(44)29(53)43-21(15-45)31(55)56/h16-22,45H,2-15,33-34H2,1H3,(H2,35,46)(H,39,52)(H,40,49)(H,41,51)(H,42,50)(H,43,53)(H,47,48)(H,55,56)(H4,36,37,38)/t16-,17-,18-,19-,20-,21-,22-/m0/s1. The van der Waals surface area contributed by atoms with Crippen LogP contribution in [0.25, 0.3) is 0 Å². The van der Waals surface area contributed by atoms with E-state index in [1.165, 1.54) is 11.8 Å². The van der Waals surface area contributed by atoms with Crippen LogP contribution in [-0.2, 0) is 43.2 Å². The average Bonchev–Trinajstić information content (AvgIpc) is 3.62. The summed E-state index contributed by atoms with van der Waals surface area (Å²) in [5.41, 5.74) is 27.2. The number of nitrogens with two attached hydrogens (primary N) is 5. The zero-order valence-electron chi connectivity index (χ0n) is 31.2. The van der Waals surface area contributed by atoms with Crippen LogP contribution in [0.2, 0.25) is 0 Å². The van der Waals surface area contributed by atoms with Crippen molar-refractivity contribution < 1.29 is 58.5 Å². The van der Waals surface area contributed by atoms with Crippen LogP contribution in [0, 0.1) is 0 Å². The van der Waals surface area contributed by atoms with E-state index in [0.717, 1.165) is 0 Å². The zero-order valence-corrected chi connectivity index (χ0v) is 31.2. The van der Waals surface area contributed by atoms with Gasteiger partial charge in [0.1, 0.15) is 36.3 Å². The number of rotatable bonds is 26. The Kier molecular flexibility index (Phi) is 21.4. The minimum absolute atomic E-state index is 0.0255. The van der Waals surface area contributed by atoms with Gasteiger partial charge in [0, 0.05) is 19.5 Å². The second kappa shape index (κ2) is 24.7. The van der Waals surface area contributed by atoms with Crippen LogP contribution in [0.4, 0.5) is 0 Å². The molecule has 7 atom stereocenters. The highest BCUT2D eigenvalue weighted by Crippen LogP contribution is 2.20. The van der Waals surface area contributed by atoms with Crippen molar-refractivity contribution in [3.05, 3.63) is 0 Å². The molecule has 1 saturated heterocycles. The second-order valence-electron chi connectivity index (χ2n) is 13.1. The third kappa shape index (κ3) is 17.2. The predicted octanol–water partition coefficient (Wildman–Crippen LogP) is -6.25. The van der Waals surface area contributed by atoms with Crippen LogP contribution < -0.4 is 55.3 Å². The molecule has 316 valence electrons. The van der Waals surface area contributed by atoms with Crippen LogP contribution in [-0.4, -0.2) is 148 Å². The molecule has 0 saturated carbocycles. The maximum atomic E-state index is 13.9. The molecule has 0 spiro atoms. The van der Waals surface area contributed by atoms with Crippen molar-refractivity contribution in [2.24, 2.45) is 33.7 Å². The smallest absolute Gasteiger partial charge is 0.328 e. The van der Waals surface area contributed by atoms with Gasteiger partial charge >= 0.3 is 11.9 Å². The number of nitrogens with one attached hydrogen (secondary N) is 5. The number of carboxylic acids is 2. The van der Waals surface area contributed by atoms with E-state index in [1.54, 1.807) is 0 Å². The van der Waals surface area contributed by atoms with E-state index in [0.29, 0.717) is 19.3 Å². The van der Waals surface area contributed by atoms with E-state index < -0.39 is 109 Å². The molecule has 0 aromatic rings. The number of carbonyl (C=O) groups is 9. The van der Waals surface area contributed by atoms with Gasteiger partial charge in [0.05, 0.1) is 19.1 Å². The van der Waals surface area contributed by atoms with Crippen molar-refractivity contribution in [1.82, 2.24) is 31.5 Å². The molecule has 1 rings (SSSR count). The predicted molar refractivity (Wildman–Crippen MR) is 196 cm³/mol. The van der Waals surface area contributed by atoms with Gasteiger partial charge in [-0.05, 0) is 64.8 Å². The van der Waals surface area contributed by atoms with Gasteiger partial charge in [-0.1, -0.05) is 0 Å². The number of aliphatic imine (C=N–C) groups is 1. The average molecular weight is 801 g/mol. The molecule has 1 aliphatic rings. The summed E-state index contributed by atoms with van der Waals surface area (Å²) in [6.07, 6.45) is 0.193. The number of nitrogens with zero attached hydrogens (tertiary/aromatic N) is 2. The Hall–Kier alpha value is -5.62. The molecule has 0 bridgehead atoms. The highest BCUT2D eigenvalue weighted by Gasteiger charge is 2.39. The summed E-state index contributed by atoms with van der Waals surface area (Å²) in [6.45, 7) is 0.754. The first-order chi connectivity index (χ1) is 26.3. The number of carboxylic acid groups (broad SMARTS) is 2. The summed E-state index contributed by atoms with van der Waals surface area (Å²) in [5.74, 6) is -9.13. The van der Waals surface area contributed by atoms with Crippen molar-refractivity contribution in [2.75, 3.05) is 26.2 Å². The molecule has 1 fully saturated rings. The molecule has 56 heavy (non-hydrogen) atoms. The van der Waals surface area contributed by atoms with Crippen LogP contribution in [0.15, 0.2) is 4.99 Å². The first-order valence-electron chi connectivity index (χ1n) is 18.0. The number of unbranched alkanes of at least 4 members (excludes halogenated alkanes) is 1. The molecule has 24 heteroatoms. The fourth-order valence-electron chi connectivity index (χ4n) is 5.52. The van der Waals surface area contributed by atoms with Gasteiger partial charge in [-0.2, -0.15) is 0 Å². The summed E-state index contributed by atoms with van der Waals surface area (Å²) in [4.78, 5) is 118. The molecule has 0 radical (unpaired) electrons. The SMILES string of the molecule is C[C@H](NC(=O)[C@H](CC(=O)O)NC(=O)[C@@H](N)CCC(N)=O)C(=O)N[C@@H](CCCCN)C(=O)N[C@@H](CCCN=C(N)N)C(=O)N1CCC[C@H]1C(=O)N[C@@H](CO)C(=O)O. The summed E-state index contributed by atoms with van der Waals surface area (Å²) in [5, 5.41) is 39.7. The lowest BCUT2D eigenvalue weighted by molar-refractivity contribution is -0.145. The van der Waals surface area contributed by atoms with E-state index in [2.05, 4.69) is 31.6 Å². The highest BCUT2D eigenvalue weighted by atomic mass is 16.4. The molecule has 0 aliphatic carbocycles. The highest BCUT2D eigenvalue weighted by molar-refractivity contribution is 5.97. The van der Waals surface area contributed by atoms with Gasteiger partial charge in [-0.15, -0.1) is 0 Å². The number of likely N-dealkylation sites (tertiary alicyclic amines) is 1. The summed E-state index contributed by atoms with van der Waals surface area (Å²) < 4.78 is 0. The van der Waals surface area contributed by atoms with Crippen molar-refractivity contribution >= 4 is 59.2 Å². The van der Waals surface area contributed by atoms with Crippen LogP contribution in [0.1, 0.15) is 71.1 Å². The Labute approximate surface area is 322 Å². The van der Waals surface area contributed by atoms with Gasteiger partial charge in [0.2, 0.25) is 41.4 Å². The number of hydrogen-bond donors (Lipinski definition) is 13. The van der Waals surface area contributed by atoms with Crippen LogP contribution >= 0.6 is 0 Å². The summed E-state index contributed by atoms with van der Waals surface area (Å²) >= 11 is 0. The van der Waals surface area contributed by atoms with Crippen molar-refractivity contribution in [3.63, 3.8) is 0 Å². The third-order valence-corrected chi connectivity index (χ3v) is 8.58. The zero-order chi connectivity index (χ0) is 42.5. The van der Waals surface area contributed by atoms with E-state index in [4.69, 9.17) is 28.7 Å². The largest absolute Gasteiger partial charge is 0.481 e. The van der Waals surface area contributed by atoms with E-state index in [1.807, 2.05) is 0 Å². The number of aliphatic hydroxyl groups is 1. The van der Waals surface area contributed by atoms with Crippen molar-refractivity contribution in [2.45, 2.75) is 113 Å². The molecule has 0 aromatic heterocycles. The minimum atomic E-state index is -1.68. The fourth-order valence-corrected chi connectivity index (χ4v) is 5.52. The molecular formula is C32H56N12O12. The fraction of sp³-hybridized carbons (Fsp3) is 0.688. The number of guanidine groups is 1. The molecule has 1 aliphatic heterocycles. The van der Waals surface area contributed by atoms with Gasteiger partial charge in [-0.25, -0.2) is 4.79 Å². The Morgan fingerprint density at radius 1 is 0.768 bits per heavy atom. The van der Waals surface area contributed by atoms with E-state index in [9.17, 15) is 58.5 Å². The molecule has 0 aromatic carbocycles. The lowest BCUT2D eigenvalue weighted by Gasteiger charge is -2.30. The Bertz CT molecular complexity index is 1440. The van der Waals surface area contributed by atoms with Crippen molar-refractivity contribution in [1.29, 1.82) is 0 Å². The maximum Gasteiger partial charge on any atom is 0.328 e. The Morgan fingerprint density at radius 3 is 1.95 bits per heavy atom. The van der Waals surface area contributed by atoms with Crippen LogP contribution in [0.5, 0.6) is 0 Å². The quantitative estimate of drug-likeness (QED) is 0.0220. The molecule has 1 heterocycles. The molecule has 7 amide bonds. The lowest BCUT2D eigenvalue weighted by Crippen LogP contribution is -2.59. The summed E-state index contributed by atoms with van der Waals surface area (Å²) in [7, 11) is 0. The molecular weight excluding hydrogens is 744 g/mol. The first-order valence-corrected chi connectivity index (χ1v) is 18.0. The monoisotopic (exact) mass is 800 g/mol. The van der Waals surface area contributed by atoms with Gasteiger partial charge in [0.25, 0.3) is 0 Å². The van der Waals surface area contributed by atoms with Gasteiger partial charge < -0.3 is 75.5 Å². The number of amides is 7. The first kappa shape index (κ1) is 48.4. The van der Waals surface area contributed by atoms with E-state index in [-0.39, 0.29) is 64.1 Å². The summed E-state index contributed by atoms with van der Waals surface area (Å²) in [6, 6.07) is -9.67. The molecule has 24 nitrogen and oxygen atoms in total. The topological polar surface area (TPSA) is 420 Å². The number of primary amides is 1. The van der Waals surface area contributed by atoms with Gasteiger partial charge in [0.15, 0.2) is 5.96 Å². The molecule has 0 unspecified atom stereocenters. The number of carbonyl (C=O) groups excluding carboxylic acids is 7. The van der Waals surface area contributed by atoms with Crippen molar-refractivity contribution in [3.8, 4) is 0 Å². The van der Waals surface area contributed by atoms with Gasteiger partial charge in [-0.3, -0.25) is 43.3 Å².